The molecule has 0 unspecified atom stereocenters. The molecule has 4 amide bonds. The first kappa shape index (κ1) is 22.6. The zero-order chi connectivity index (χ0) is 22.5. The molecule has 1 aliphatic heterocycles. The van der Waals surface area contributed by atoms with Crippen molar-refractivity contribution >= 4 is 58.2 Å². The van der Waals surface area contributed by atoms with E-state index in [-0.39, 0.29) is 42.8 Å². The first-order valence-corrected chi connectivity index (χ1v) is 10.3. The van der Waals surface area contributed by atoms with Gasteiger partial charge in [0.1, 0.15) is 6.54 Å². The van der Waals surface area contributed by atoms with E-state index < -0.39 is 5.91 Å². The molecule has 0 aliphatic carbocycles. The molecule has 0 saturated carbocycles. The first-order chi connectivity index (χ1) is 14.8. The number of hydrogen-bond donors (Lipinski definition) is 2. The molecule has 1 saturated heterocycles. The Morgan fingerprint density at radius 2 is 1.71 bits per heavy atom. The monoisotopic (exact) mass is 462 g/mol. The van der Waals surface area contributed by atoms with Gasteiger partial charge in [-0.2, -0.15) is 0 Å². The molecule has 8 nitrogen and oxygen atoms in total. The number of benzene rings is 2. The summed E-state index contributed by atoms with van der Waals surface area (Å²) in [6.07, 6.45) is 0.277. The third-order valence-corrected chi connectivity index (χ3v) is 5.28. The fourth-order valence-corrected chi connectivity index (χ4v) is 3.51. The van der Waals surface area contributed by atoms with Crippen LogP contribution in [-0.4, -0.2) is 41.6 Å². The van der Waals surface area contributed by atoms with Crippen LogP contribution in [0.1, 0.15) is 30.1 Å². The molecule has 1 fully saturated rings. The van der Waals surface area contributed by atoms with Gasteiger partial charge in [-0.3, -0.25) is 24.6 Å². The van der Waals surface area contributed by atoms with Crippen molar-refractivity contribution in [2.24, 2.45) is 0 Å². The summed E-state index contributed by atoms with van der Waals surface area (Å²) in [6.45, 7) is 1.86. The van der Waals surface area contributed by atoms with Gasteiger partial charge in [-0.05, 0) is 43.3 Å². The smallest absolute Gasteiger partial charge is 0.254 e. The predicted octanol–water partition coefficient (Wildman–Crippen LogP) is 3.25. The van der Waals surface area contributed by atoms with Crippen LogP contribution in [-0.2, 0) is 14.4 Å². The van der Waals surface area contributed by atoms with Crippen molar-refractivity contribution in [1.82, 2.24) is 10.3 Å². The number of carbonyl (C=O) groups is 4. The third-order valence-electron chi connectivity index (χ3n) is 4.65. The van der Waals surface area contributed by atoms with Gasteiger partial charge in [0.2, 0.25) is 17.7 Å². The minimum Gasteiger partial charge on any atom is -0.330 e. The summed E-state index contributed by atoms with van der Waals surface area (Å²) < 4.78 is 0. The quantitative estimate of drug-likeness (QED) is 0.687. The lowest BCUT2D eigenvalue weighted by Gasteiger charge is -2.27. The molecule has 2 aromatic rings. The van der Waals surface area contributed by atoms with Crippen LogP contribution < -0.4 is 15.8 Å². The molecule has 0 aromatic heterocycles. The number of nitrogens with zero attached hydrogens (tertiary/aromatic N) is 2. The number of likely N-dealkylation sites (N-methyl/N-ethyl adjacent to an activating group) is 1. The molecule has 0 spiro atoms. The van der Waals surface area contributed by atoms with Crippen molar-refractivity contribution in [2.45, 2.75) is 19.8 Å². The van der Waals surface area contributed by atoms with Crippen molar-refractivity contribution in [3.05, 3.63) is 58.1 Å². The van der Waals surface area contributed by atoms with Crippen molar-refractivity contribution in [1.29, 1.82) is 0 Å². The zero-order valence-electron chi connectivity index (χ0n) is 16.7. The molecular formula is C21H20Cl2N4O4. The molecule has 1 heterocycles. The highest BCUT2D eigenvalue weighted by Crippen LogP contribution is 2.29. The number of rotatable bonds is 6. The number of amides is 4. The molecule has 1 aliphatic rings. The van der Waals surface area contributed by atoms with Gasteiger partial charge >= 0.3 is 0 Å². The lowest BCUT2D eigenvalue weighted by atomic mass is 10.1. The molecule has 10 heteroatoms. The summed E-state index contributed by atoms with van der Waals surface area (Å²) in [5, 5.41) is 4.39. The van der Waals surface area contributed by atoms with E-state index in [0.717, 1.165) is 0 Å². The van der Waals surface area contributed by atoms with Gasteiger partial charge in [0, 0.05) is 24.9 Å². The Morgan fingerprint density at radius 3 is 2.32 bits per heavy atom. The Hall–Kier alpha value is -3.10. The van der Waals surface area contributed by atoms with Crippen LogP contribution in [0.2, 0.25) is 10.0 Å². The molecule has 162 valence electrons. The van der Waals surface area contributed by atoms with E-state index in [9.17, 15) is 19.2 Å². The van der Waals surface area contributed by atoms with E-state index in [4.69, 9.17) is 23.2 Å². The van der Waals surface area contributed by atoms with Crippen LogP contribution in [0.25, 0.3) is 0 Å². The Balaban J connectivity index is 1.68. The Bertz CT molecular complexity index is 1010. The summed E-state index contributed by atoms with van der Waals surface area (Å²) in [6, 6.07) is 11.1. The fourth-order valence-electron chi connectivity index (χ4n) is 3.02. The highest BCUT2D eigenvalue weighted by molar-refractivity contribution is 6.39. The number of hydrogen-bond acceptors (Lipinski definition) is 4. The SMILES string of the molecule is CCN(CC(=O)Nc1c(Cl)cccc1Cl)C(=O)c1ccc(N2NC(=O)CCC2=O)cc1. The summed E-state index contributed by atoms with van der Waals surface area (Å²) >= 11 is 12.1. The second-order valence-electron chi connectivity index (χ2n) is 6.78. The van der Waals surface area contributed by atoms with Crippen molar-refractivity contribution < 1.29 is 19.2 Å². The normalized spacial score (nSPS) is 13.6. The van der Waals surface area contributed by atoms with Gasteiger partial charge in [0.05, 0.1) is 21.4 Å². The Labute approximate surface area is 189 Å². The summed E-state index contributed by atoms with van der Waals surface area (Å²) in [5.74, 6) is -1.28. The standard InChI is InChI=1S/C21H20Cl2N4O4/c1-2-26(12-18(29)24-20-15(22)4-3-5-16(20)23)21(31)13-6-8-14(9-7-13)27-19(30)11-10-17(28)25-27/h3-9H,2,10-12H2,1H3,(H,24,29)(H,25,28). The fraction of sp³-hybridized carbons (Fsp3) is 0.238. The van der Waals surface area contributed by atoms with Crippen LogP contribution in [0.5, 0.6) is 0 Å². The Kier molecular flexibility index (Phi) is 7.14. The number of anilines is 2. The lowest BCUT2D eigenvalue weighted by Crippen LogP contribution is -2.50. The van der Waals surface area contributed by atoms with Crippen molar-refractivity contribution in [3.8, 4) is 0 Å². The van der Waals surface area contributed by atoms with Gasteiger partial charge in [0.25, 0.3) is 5.91 Å². The molecule has 0 radical (unpaired) electrons. The average molecular weight is 463 g/mol. The molecular weight excluding hydrogens is 443 g/mol. The maximum Gasteiger partial charge on any atom is 0.254 e. The van der Waals surface area contributed by atoms with Gasteiger partial charge in [-0.25, -0.2) is 5.01 Å². The maximum absolute atomic E-state index is 12.8. The second kappa shape index (κ2) is 9.80. The number of para-hydroxylation sites is 1. The second-order valence-corrected chi connectivity index (χ2v) is 7.59. The number of halogens is 2. The van der Waals surface area contributed by atoms with Gasteiger partial charge in [-0.1, -0.05) is 29.3 Å². The van der Waals surface area contributed by atoms with Gasteiger partial charge in [-0.15, -0.1) is 0 Å². The predicted molar refractivity (Wildman–Crippen MR) is 118 cm³/mol. The molecule has 31 heavy (non-hydrogen) atoms. The number of hydrazine groups is 1. The maximum atomic E-state index is 12.8. The van der Waals surface area contributed by atoms with E-state index in [1.165, 1.54) is 22.0 Å². The molecule has 0 atom stereocenters. The molecule has 2 aromatic carbocycles. The summed E-state index contributed by atoms with van der Waals surface area (Å²) in [5.41, 5.74) is 3.57. The van der Waals surface area contributed by atoms with E-state index >= 15 is 0 Å². The highest BCUT2D eigenvalue weighted by Gasteiger charge is 2.25. The van der Waals surface area contributed by atoms with Gasteiger partial charge in [0.15, 0.2) is 0 Å². The molecule has 0 bridgehead atoms. The van der Waals surface area contributed by atoms with E-state index in [1.54, 1.807) is 37.3 Å². The average Bonchev–Trinajstić information content (AvgIpc) is 2.76. The topological polar surface area (TPSA) is 98.8 Å². The van der Waals surface area contributed by atoms with Crippen LogP contribution in [0.15, 0.2) is 42.5 Å². The zero-order valence-corrected chi connectivity index (χ0v) is 18.2. The Morgan fingerprint density at radius 1 is 1.06 bits per heavy atom. The van der Waals surface area contributed by atoms with Crippen LogP contribution in [0.4, 0.5) is 11.4 Å². The number of carbonyl (C=O) groups excluding carboxylic acids is 4. The van der Waals surface area contributed by atoms with E-state index in [2.05, 4.69) is 10.7 Å². The van der Waals surface area contributed by atoms with E-state index in [0.29, 0.717) is 27.8 Å². The number of nitrogens with one attached hydrogen (secondary N) is 2. The van der Waals surface area contributed by atoms with Crippen LogP contribution in [0, 0.1) is 0 Å². The molecule has 3 rings (SSSR count). The minimum absolute atomic E-state index is 0.126. The van der Waals surface area contributed by atoms with Crippen molar-refractivity contribution in [2.75, 3.05) is 23.4 Å². The van der Waals surface area contributed by atoms with E-state index in [1.807, 2.05) is 0 Å². The lowest BCUT2D eigenvalue weighted by molar-refractivity contribution is -0.130. The van der Waals surface area contributed by atoms with Crippen LogP contribution >= 0.6 is 23.2 Å². The highest BCUT2D eigenvalue weighted by atomic mass is 35.5. The van der Waals surface area contributed by atoms with Crippen molar-refractivity contribution in [3.63, 3.8) is 0 Å². The van der Waals surface area contributed by atoms with Gasteiger partial charge < -0.3 is 10.2 Å². The molecule has 2 N–H and O–H groups in total. The first-order valence-electron chi connectivity index (χ1n) is 9.55. The summed E-state index contributed by atoms with van der Waals surface area (Å²) in [7, 11) is 0. The summed E-state index contributed by atoms with van der Waals surface area (Å²) in [4.78, 5) is 50.2. The largest absolute Gasteiger partial charge is 0.330 e. The minimum atomic E-state index is -0.441. The van der Waals surface area contributed by atoms with Crippen LogP contribution in [0.3, 0.4) is 0 Å². The third kappa shape index (κ3) is 5.34.